The summed E-state index contributed by atoms with van der Waals surface area (Å²) in [5, 5.41) is 2.99. The third-order valence-electron chi connectivity index (χ3n) is 2.26. The molecule has 1 aliphatic carbocycles. The van der Waals surface area contributed by atoms with Gasteiger partial charge >= 0.3 is 0 Å². The predicted molar refractivity (Wildman–Crippen MR) is 58.7 cm³/mol. The summed E-state index contributed by atoms with van der Waals surface area (Å²) >= 11 is 1.61. The summed E-state index contributed by atoms with van der Waals surface area (Å²) in [6.45, 7) is 0. The van der Waals surface area contributed by atoms with Gasteiger partial charge in [-0.15, -0.1) is 11.8 Å². The summed E-state index contributed by atoms with van der Waals surface area (Å²) in [6.07, 6.45) is 4.25. The average Bonchev–Trinajstić information content (AvgIpc) is 3.01. The summed E-state index contributed by atoms with van der Waals surface area (Å²) in [5.74, 6) is 0.0671. The van der Waals surface area contributed by atoms with Gasteiger partial charge < -0.3 is 5.32 Å². The van der Waals surface area contributed by atoms with Gasteiger partial charge in [0.15, 0.2) is 0 Å². The van der Waals surface area contributed by atoms with Crippen LogP contribution in [0.3, 0.4) is 0 Å². The van der Waals surface area contributed by atoms with Crippen LogP contribution in [0.2, 0.25) is 0 Å². The van der Waals surface area contributed by atoms with Gasteiger partial charge in [0.2, 0.25) is 0 Å². The zero-order chi connectivity index (χ0) is 9.97. The van der Waals surface area contributed by atoms with Gasteiger partial charge in [-0.2, -0.15) is 0 Å². The third kappa shape index (κ3) is 2.10. The van der Waals surface area contributed by atoms with Crippen LogP contribution < -0.4 is 5.32 Å². The Kier molecular flexibility index (Phi) is 2.77. The smallest absolute Gasteiger partial charge is 0.252 e. The van der Waals surface area contributed by atoms with Crippen LogP contribution in [0.4, 0.5) is 0 Å². The van der Waals surface area contributed by atoms with Crippen molar-refractivity contribution in [3.05, 3.63) is 29.8 Å². The first-order chi connectivity index (χ1) is 6.81. The zero-order valence-electron chi connectivity index (χ0n) is 8.12. The molecule has 74 valence electrons. The maximum atomic E-state index is 11.8. The Morgan fingerprint density at radius 3 is 2.79 bits per heavy atom. The van der Waals surface area contributed by atoms with E-state index in [4.69, 9.17) is 0 Å². The summed E-state index contributed by atoms with van der Waals surface area (Å²) in [4.78, 5) is 12.8. The Morgan fingerprint density at radius 1 is 1.43 bits per heavy atom. The Balaban J connectivity index is 2.16. The lowest BCUT2D eigenvalue weighted by Crippen LogP contribution is -2.25. The number of amides is 1. The van der Waals surface area contributed by atoms with E-state index in [2.05, 4.69) is 5.32 Å². The number of rotatable bonds is 3. The van der Waals surface area contributed by atoms with E-state index in [1.807, 2.05) is 30.5 Å². The van der Waals surface area contributed by atoms with E-state index in [1.54, 1.807) is 11.8 Å². The molecule has 0 saturated heterocycles. The van der Waals surface area contributed by atoms with Gasteiger partial charge in [0.05, 0.1) is 5.56 Å². The number of carbonyl (C=O) groups is 1. The zero-order valence-corrected chi connectivity index (χ0v) is 8.93. The molecular formula is C11H13NOS. The molecule has 0 aromatic heterocycles. The van der Waals surface area contributed by atoms with Crippen molar-refractivity contribution in [3.63, 3.8) is 0 Å². The van der Waals surface area contributed by atoms with Gasteiger partial charge in [0, 0.05) is 10.9 Å². The van der Waals surface area contributed by atoms with Crippen LogP contribution in [0.5, 0.6) is 0 Å². The van der Waals surface area contributed by atoms with Crippen molar-refractivity contribution in [1.82, 2.24) is 5.32 Å². The van der Waals surface area contributed by atoms with Crippen LogP contribution in [0.25, 0.3) is 0 Å². The van der Waals surface area contributed by atoms with Crippen LogP contribution in [0, 0.1) is 0 Å². The Bertz CT molecular complexity index is 347. The molecule has 2 rings (SSSR count). The molecule has 1 N–H and O–H groups in total. The highest BCUT2D eigenvalue weighted by atomic mass is 32.2. The third-order valence-corrected chi connectivity index (χ3v) is 3.06. The highest BCUT2D eigenvalue weighted by Gasteiger charge is 2.24. The molecule has 3 heteroatoms. The fourth-order valence-corrected chi connectivity index (χ4v) is 1.92. The molecule has 1 aromatic rings. The van der Waals surface area contributed by atoms with Gasteiger partial charge in [-0.3, -0.25) is 4.79 Å². The van der Waals surface area contributed by atoms with Crippen molar-refractivity contribution in [2.75, 3.05) is 6.26 Å². The first-order valence-corrected chi connectivity index (χ1v) is 5.97. The molecule has 0 bridgehead atoms. The van der Waals surface area contributed by atoms with Crippen molar-refractivity contribution in [2.24, 2.45) is 0 Å². The summed E-state index contributed by atoms with van der Waals surface area (Å²) in [6, 6.07) is 8.15. The van der Waals surface area contributed by atoms with Crippen LogP contribution in [0.15, 0.2) is 29.2 Å². The fourth-order valence-electron chi connectivity index (χ4n) is 1.32. The second-order valence-corrected chi connectivity index (χ2v) is 4.30. The average molecular weight is 207 g/mol. The minimum atomic E-state index is 0.0671. The fraction of sp³-hybridized carbons (Fsp3) is 0.364. The van der Waals surface area contributed by atoms with Gasteiger partial charge in [0.1, 0.15) is 0 Å². The minimum Gasteiger partial charge on any atom is -0.349 e. The first kappa shape index (κ1) is 9.59. The second-order valence-electron chi connectivity index (χ2n) is 3.45. The van der Waals surface area contributed by atoms with Crippen molar-refractivity contribution in [1.29, 1.82) is 0 Å². The van der Waals surface area contributed by atoms with E-state index in [-0.39, 0.29) is 5.91 Å². The highest BCUT2D eigenvalue weighted by Crippen LogP contribution is 2.23. The van der Waals surface area contributed by atoms with Crippen molar-refractivity contribution >= 4 is 17.7 Å². The van der Waals surface area contributed by atoms with Crippen LogP contribution >= 0.6 is 11.8 Å². The second kappa shape index (κ2) is 4.05. The molecule has 2 nitrogen and oxygen atoms in total. The summed E-state index contributed by atoms with van der Waals surface area (Å²) in [5.41, 5.74) is 0.798. The molecular weight excluding hydrogens is 194 g/mol. The van der Waals surface area contributed by atoms with E-state index in [9.17, 15) is 4.79 Å². The maximum absolute atomic E-state index is 11.8. The van der Waals surface area contributed by atoms with Gasteiger partial charge in [0.25, 0.3) is 5.91 Å². The number of carbonyl (C=O) groups excluding carboxylic acids is 1. The Hall–Kier alpha value is -0.960. The monoisotopic (exact) mass is 207 g/mol. The molecule has 0 aliphatic heterocycles. The number of hydrogen-bond acceptors (Lipinski definition) is 2. The maximum Gasteiger partial charge on any atom is 0.252 e. The molecule has 1 saturated carbocycles. The molecule has 0 unspecified atom stereocenters. The molecule has 0 spiro atoms. The standard InChI is InChI=1S/C11H13NOS/c1-14-10-5-3-2-4-9(10)11(13)12-8-6-7-8/h2-5,8H,6-7H2,1H3,(H,12,13). The van der Waals surface area contributed by atoms with Crippen molar-refractivity contribution < 1.29 is 4.79 Å². The molecule has 1 aromatic carbocycles. The molecule has 1 amide bonds. The van der Waals surface area contributed by atoms with Gasteiger partial charge in [-0.05, 0) is 31.2 Å². The molecule has 0 radical (unpaired) electrons. The van der Waals surface area contributed by atoms with Crippen LogP contribution in [-0.2, 0) is 0 Å². The number of hydrogen-bond donors (Lipinski definition) is 1. The predicted octanol–water partition coefficient (Wildman–Crippen LogP) is 2.30. The molecule has 0 atom stereocenters. The van der Waals surface area contributed by atoms with E-state index < -0.39 is 0 Å². The lowest BCUT2D eigenvalue weighted by Gasteiger charge is -2.06. The van der Waals surface area contributed by atoms with Gasteiger partial charge in [-0.1, -0.05) is 12.1 Å². The van der Waals surface area contributed by atoms with Crippen molar-refractivity contribution in [3.8, 4) is 0 Å². The number of benzene rings is 1. The van der Waals surface area contributed by atoms with Crippen molar-refractivity contribution in [2.45, 2.75) is 23.8 Å². The summed E-state index contributed by atoms with van der Waals surface area (Å²) in [7, 11) is 0. The van der Waals surface area contributed by atoms with E-state index in [1.165, 1.54) is 0 Å². The first-order valence-electron chi connectivity index (χ1n) is 4.75. The van der Waals surface area contributed by atoms with E-state index in [0.29, 0.717) is 6.04 Å². The van der Waals surface area contributed by atoms with Gasteiger partial charge in [-0.25, -0.2) is 0 Å². The molecule has 1 fully saturated rings. The molecule has 14 heavy (non-hydrogen) atoms. The quantitative estimate of drug-likeness (QED) is 0.771. The minimum absolute atomic E-state index is 0.0671. The molecule has 1 aliphatic rings. The number of thioether (sulfide) groups is 1. The molecule has 0 heterocycles. The van der Waals surface area contributed by atoms with Crippen LogP contribution in [-0.4, -0.2) is 18.2 Å². The number of nitrogens with one attached hydrogen (secondary N) is 1. The lowest BCUT2D eigenvalue weighted by molar-refractivity contribution is 0.0948. The Labute approximate surface area is 88.1 Å². The SMILES string of the molecule is CSc1ccccc1C(=O)NC1CC1. The van der Waals surface area contributed by atoms with E-state index >= 15 is 0 Å². The Morgan fingerprint density at radius 2 is 2.14 bits per heavy atom. The normalized spacial score (nSPS) is 15.2. The van der Waals surface area contributed by atoms with Crippen LogP contribution in [0.1, 0.15) is 23.2 Å². The topological polar surface area (TPSA) is 29.1 Å². The largest absolute Gasteiger partial charge is 0.349 e. The lowest BCUT2D eigenvalue weighted by atomic mass is 10.2. The summed E-state index contributed by atoms with van der Waals surface area (Å²) < 4.78 is 0. The highest BCUT2D eigenvalue weighted by molar-refractivity contribution is 7.98. The van der Waals surface area contributed by atoms with E-state index in [0.717, 1.165) is 23.3 Å².